The number of carbonyl (C=O) groups excluding carboxylic acids is 1. The van der Waals surface area contributed by atoms with E-state index in [1.807, 2.05) is 0 Å². The quantitative estimate of drug-likeness (QED) is 0.805. The number of halogens is 1. The summed E-state index contributed by atoms with van der Waals surface area (Å²) in [6.45, 7) is 5.17. The molecule has 0 unspecified atom stereocenters. The van der Waals surface area contributed by atoms with Crippen LogP contribution in [0.4, 0.5) is 10.1 Å². The van der Waals surface area contributed by atoms with Crippen molar-refractivity contribution in [1.82, 2.24) is 5.32 Å². The highest BCUT2D eigenvalue weighted by atomic mass is 32.2. The van der Waals surface area contributed by atoms with Crippen molar-refractivity contribution in [2.75, 3.05) is 17.1 Å². The minimum Gasteiger partial charge on any atom is -0.351 e. The van der Waals surface area contributed by atoms with Crippen LogP contribution in [0.25, 0.3) is 0 Å². The second-order valence-electron chi connectivity index (χ2n) is 4.25. The van der Waals surface area contributed by atoms with Crippen LogP contribution in [0.2, 0.25) is 0 Å². The number of carbonyl (C=O) groups is 1. The Balaban J connectivity index is 3.10. The van der Waals surface area contributed by atoms with Crippen molar-refractivity contribution in [3.63, 3.8) is 0 Å². The topological polar surface area (TPSA) is 66.5 Å². The van der Waals surface area contributed by atoms with E-state index >= 15 is 0 Å². The summed E-state index contributed by atoms with van der Waals surface area (Å²) in [5, 5.41) is 2.53. The number of anilines is 1. The Kier molecular flexibility index (Phi) is 5.26. The van der Waals surface area contributed by atoms with Crippen LogP contribution in [-0.4, -0.2) is 33.2 Å². The van der Waals surface area contributed by atoms with Gasteiger partial charge in [-0.1, -0.05) is 6.08 Å². The van der Waals surface area contributed by atoms with Gasteiger partial charge in [-0.2, -0.15) is 0 Å². The predicted octanol–water partition coefficient (Wildman–Crippen LogP) is 1.28. The third-order valence-corrected chi connectivity index (χ3v) is 3.83. The fraction of sp³-hybridized carbons (Fsp3) is 0.308. The fourth-order valence-electron chi connectivity index (χ4n) is 1.72. The summed E-state index contributed by atoms with van der Waals surface area (Å²) in [6.07, 6.45) is 2.49. The Hall–Kier alpha value is -1.89. The number of nitrogens with one attached hydrogen (secondary N) is 1. The first-order valence-corrected chi connectivity index (χ1v) is 7.75. The average Bonchev–Trinajstić information content (AvgIpc) is 2.36. The Morgan fingerprint density at radius 3 is 2.45 bits per heavy atom. The lowest BCUT2D eigenvalue weighted by molar-refractivity contribution is -0.121. The van der Waals surface area contributed by atoms with Gasteiger partial charge in [-0.15, -0.1) is 6.58 Å². The molecular formula is C13H17FN2O3S. The predicted molar refractivity (Wildman–Crippen MR) is 76.4 cm³/mol. The Labute approximate surface area is 118 Å². The third kappa shape index (κ3) is 4.06. The molecule has 0 bridgehead atoms. The lowest BCUT2D eigenvalue weighted by atomic mass is 10.2. The van der Waals surface area contributed by atoms with Gasteiger partial charge in [0.15, 0.2) is 0 Å². The van der Waals surface area contributed by atoms with E-state index in [1.165, 1.54) is 25.1 Å². The van der Waals surface area contributed by atoms with Crippen molar-refractivity contribution >= 4 is 21.6 Å². The molecule has 7 heteroatoms. The van der Waals surface area contributed by atoms with E-state index in [4.69, 9.17) is 0 Å². The van der Waals surface area contributed by atoms with Crippen molar-refractivity contribution in [3.8, 4) is 0 Å². The van der Waals surface area contributed by atoms with Gasteiger partial charge in [0.2, 0.25) is 15.9 Å². The van der Waals surface area contributed by atoms with Gasteiger partial charge in [0, 0.05) is 6.54 Å². The molecule has 0 aliphatic heterocycles. The van der Waals surface area contributed by atoms with Gasteiger partial charge in [0.1, 0.15) is 11.9 Å². The highest BCUT2D eigenvalue weighted by Crippen LogP contribution is 2.21. The van der Waals surface area contributed by atoms with Crippen LogP contribution >= 0.6 is 0 Å². The molecule has 0 spiro atoms. The van der Waals surface area contributed by atoms with Crippen molar-refractivity contribution in [2.45, 2.75) is 13.0 Å². The van der Waals surface area contributed by atoms with Gasteiger partial charge in [0.05, 0.1) is 11.9 Å². The molecule has 0 fully saturated rings. The molecule has 20 heavy (non-hydrogen) atoms. The largest absolute Gasteiger partial charge is 0.351 e. The molecule has 1 amide bonds. The first-order chi connectivity index (χ1) is 9.27. The standard InChI is InChI=1S/C13H17FN2O3S/c1-4-9-15-13(17)10(2)16(20(3,18)19)12-7-5-11(14)6-8-12/h4-8,10H,1,9H2,2-3H3,(H,15,17)/t10-/m0/s1. The molecular weight excluding hydrogens is 283 g/mol. The van der Waals surface area contributed by atoms with Crippen LogP contribution in [-0.2, 0) is 14.8 Å². The molecule has 0 heterocycles. The lowest BCUT2D eigenvalue weighted by Gasteiger charge is -2.28. The molecule has 1 aromatic rings. The number of amides is 1. The molecule has 0 aliphatic rings. The molecule has 110 valence electrons. The van der Waals surface area contributed by atoms with E-state index in [2.05, 4.69) is 11.9 Å². The lowest BCUT2D eigenvalue weighted by Crippen LogP contribution is -2.47. The zero-order valence-corrected chi connectivity index (χ0v) is 12.2. The summed E-state index contributed by atoms with van der Waals surface area (Å²) < 4.78 is 37.6. The molecule has 0 saturated carbocycles. The van der Waals surface area contributed by atoms with Crippen molar-refractivity contribution in [3.05, 3.63) is 42.7 Å². The molecule has 0 radical (unpaired) electrons. The van der Waals surface area contributed by atoms with Crippen molar-refractivity contribution in [1.29, 1.82) is 0 Å². The molecule has 1 N–H and O–H groups in total. The minimum atomic E-state index is -3.68. The molecule has 0 aromatic heterocycles. The number of rotatable bonds is 6. The zero-order chi connectivity index (χ0) is 15.3. The molecule has 0 aliphatic carbocycles. The summed E-state index contributed by atoms with van der Waals surface area (Å²) in [4.78, 5) is 11.9. The van der Waals surface area contributed by atoms with Crippen LogP contribution in [0.3, 0.4) is 0 Å². The number of hydrogen-bond acceptors (Lipinski definition) is 3. The van der Waals surface area contributed by atoms with Crippen LogP contribution in [0, 0.1) is 5.82 Å². The summed E-state index contributed by atoms with van der Waals surface area (Å²) in [7, 11) is -3.68. The molecule has 1 rings (SSSR count). The maximum atomic E-state index is 12.9. The van der Waals surface area contributed by atoms with Crippen LogP contribution in [0.5, 0.6) is 0 Å². The highest BCUT2D eigenvalue weighted by molar-refractivity contribution is 7.92. The smallest absolute Gasteiger partial charge is 0.243 e. The number of sulfonamides is 1. The second kappa shape index (κ2) is 6.51. The van der Waals surface area contributed by atoms with Gasteiger partial charge >= 0.3 is 0 Å². The number of benzene rings is 1. The highest BCUT2D eigenvalue weighted by Gasteiger charge is 2.28. The van der Waals surface area contributed by atoms with Crippen molar-refractivity contribution in [2.24, 2.45) is 0 Å². The van der Waals surface area contributed by atoms with E-state index in [-0.39, 0.29) is 12.2 Å². The second-order valence-corrected chi connectivity index (χ2v) is 6.10. The zero-order valence-electron chi connectivity index (χ0n) is 11.3. The van der Waals surface area contributed by atoms with Crippen molar-refractivity contribution < 1.29 is 17.6 Å². The van der Waals surface area contributed by atoms with Gasteiger partial charge in [-0.3, -0.25) is 9.10 Å². The Morgan fingerprint density at radius 2 is 2.00 bits per heavy atom. The Morgan fingerprint density at radius 1 is 1.45 bits per heavy atom. The van der Waals surface area contributed by atoms with Crippen LogP contribution in [0.15, 0.2) is 36.9 Å². The van der Waals surface area contributed by atoms with Gasteiger partial charge in [-0.05, 0) is 31.2 Å². The maximum Gasteiger partial charge on any atom is 0.243 e. The van der Waals surface area contributed by atoms with E-state index in [0.29, 0.717) is 0 Å². The summed E-state index contributed by atoms with van der Waals surface area (Å²) in [6, 6.07) is 3.96. The SMILES string of the molecule is C=CCNC(=O)[C@H](C)N(c1ccc(F)cc1)S(C)(=O)=O. The summed E-state index contributed by atoms with van der Waals surface area (Å²) >= 11 is 0. The van der Waals surface area contributed by atoms with E-state index in [0.717, 1.165) is 22.7 Å². The fourth-order valence-corrected chi connectivity index (χ4v) is 2.89. The first-order valence-electron chi connectivity index (χ1n) is 5.91. The third-order valence-electron chi connectivity index (χ3n) is 2.59. The maximum absolute atomic E-state index is 12.9. The first kappa shape index (κ1) is 16.2. The van der Waals surface area contributed by atoms with Gasteiger partial charge in [0.25, 0.3) is 0 Å². The monoisotopic (exact) mass is 300 g/mol. The van der Waals surface area contributed by atoms with Crippen LogP contribution < -0.4 is 9.62 Å². The summed E-state index contributed by atoms with van der Waals surface area (Å²) in [5.74, 6) is -0.939. The number of nitrogens with zero attached hydrogens (tertiary/aromatic N) is 1. The normalized spacial score (nSPS) is 12.6. The average molecular weight is 300 g/mol. The molecule has 1 atom stereocenters. The minimum absolute atomic E-state index is 0.232. The van der Waals surface area contributed by atoms with E-state index in [9.17, 15) is 17.6 Å². The molecule has 1 aromatic carbocycles. The summed E-state index contributed by atoms with van der Waals surface area (Å²) in [5.41, 5.74) is 0.232. The Bertz CT molecular complexity index is 584. The van der Waals surface area contributed by atoms with E-state index in [1.54, 1.807) is 0 Å². The number of hydrogen-bond donors (Lipinski definition) is 1. The van der Waals surface area contributed by atoms with E-state index < -0.39 is 27.8 Å². The van der Waals surface area contributed by atoms with Crippen LogP contribution in [0.1, 0.15) is 6.92 Å². The van der Waals surface area contributed by atoms with Gasteiger partial charge < -0.3 is 5.32 Å². The molecule has 5 nitrogen and oxygen atoms in total. The van der Waals surface area contributed by atoms with Gasteiger partial charge in [-0.25, -0.2) is 12.8 Å². The molecule has 0 saturated heterocycles.